The molecule has 0 aliphatic rings. The van der Waals surface area contributed by atoms with Gasteiger partial charge in [-0.1, -0.05) is 0 Å². The highest BCUT2D eigenvalue weighted by atomic mass is 16.6. The van der Waals surface area contributed by atoms with Crippen LogP contribution in [-0.4, -0.2) is 52.5 Å². The second kappa shape index (κ2) is 8.96. The highest BCUT2D eigenvalue weighted by Crippen LogP contribution is 2.15. The van der Waals surface area contributed by atoms with E-state index in [1.807, 2.05) is 20.8 Å². The summed E-state index contributed by atoms with van der Waals surface area (Å²) in [7, 11) is 0. The Hall–Kier alpha value is -1.50. The summed E-state index contributed by atoms with van der Waals surface area (Å²) in [4.78, 5) is 24.4. The smallest absolute Gasteiger partial charge is 0.407 e. The van der Waals surface area contributed by atoms with E-state index >= 15 is 0 Å². The van der Waals surface area contributed by atoms with E-state index in [-0.39, 0.29) is 6.04 Å². The molecule has 0 fully saturated rings. The number of hydrogen-bond donors (Lipinski definition) is 3. The molecule has 0 aromatic heterocycles. The molecule has 1 atom stereocenters. The minimum absolute atomic E-state index is 0.169. The lowest BCUT2D eigenvalue weighted by Crippen LogP contribution is -2.45. The van der Waals surface area contributed by atoms with Crippen molar-refractivity contribution in [2.75, 3.05) is 13.1 Å². The van der Waals surface area contributed by atoms with Gasteiger partial charge >= 0.3 is 12.2 Å². The molecule has 0 saturated carbocycles. The van der Waals surface area contributed by atoms with Crippen molar-refractivity contribution in [1.29, 1.82) is 0 Å². The fourth-order valence-electron chi connectivity index (χ4n) is 2.10. The molecule has 2 amide bonds. The Bertz CT molecular complexity index is 386. The molecular formula is C16H33N3O4. The molecular weight excluding hydrogens is 298 g/mol. The van der Waals surface area contributed by atoms with Crippen molar-refractivity contribution in [2.24, 2.45) is 5.73 Å². The van der Waals surface area contributed by atoms with Crippen molar-refractivity contribution in [1.82, 2.24) is 10.2 Å². The second-order valence-corrected chi connectivity index (χ2v) is 7.68. The van der Waals surface area contributed by atoms with Crippen LogP contribution in [0.15, 0.2) is 0 Å². The summed E-state index contributed by atoms with van der Waals surface area (Å²) in [5, 5.41) is 12.0. The van der Waals surface area contributed by atoms with Crippen LogP contribution in [0.2, 0.25) is 0 Å². The average molecular weight is 331 g/mol. The zero-order valence-electron chi connectivity index (χ0n) is 15.3. The molecule has 0 aromatic carbocycles. The summed E-state index contributed by atoms with van der Waals surface area (Å²) >= 11 is 0. The van der Waals surface area contributed by atoms with Crippen molar-refractivity contribution < 1.29 is 19.4 Å². The molecule has 0 radical (unpaired) electrons. The monoisotopic (exact) mass is 331 g/mol. The van der Waals surface area contributed by atoms with Crippen molar-refractivity contribution in [3.05, 3.63) is 0 Å². The van der Waals surface area contributed by atoms with Crippen LogP contribution in [-0.2, 0) is 4.74 Å². The Kier molecular flexibility index (Phi) is 8.37. The minimum Gasteiger partial charge on any atom is -0.465 e. The van der Waals surface area contributed by atoms with Crippen molar-refractivity contribution >= 4 is 12.2 Å². The molecule has 0 unspecified atom stereocenters. The third-order valence-electron chi connectivity index (χ3n) is 3.23. The van der Waals surface area contributed by atoms with Gasteiger partial charge in [-0.05, 0) is 60.8 Å². The first-order valence-electron chi connectivity index (χ1n) is 8.07. The SMILES string of the molecule is CC(C)(C)OC(=O)N[C@H](CN)CCCCN(C(=O)O)C(C)(C)C. The summed E-state index contributed by atoms with van der Waals surface area (Å²) in [6.45, 7) is 11.8. The fourth-order valence-corrected chi connectivity index (χ4v) is 2.10. The molecule has 0 aliphatic carbocycles. The largest absolute Gasteiger partial charge is 0.465 e. The molecule has 23 heavy (non-hydrogen) atoms. The van der Waals surface area contributed by atoms with Crippen molar-refractivity contribution in [3.63, 3.8) is 0 Å². The van der Waals surface area contributed by atoms with Gasteiger partial charge in [0, 0.05) is 24.7 Å². The molecule has 0 bridgehead atoms. The fraction of sp³-hybridized carbons (Fsp3) is 0.875. The zero-order chi connectivity index (χ0) is 18.3. The van der Waals surface area contributed by atoms with Gasteiger partial charge in [-0.3, -0.25) is 0 Å². The molecule has 7 nitrogen and oxygen atoms in total. The summed E-state index contributed by atoms with van der Waals surface area (Å²) in [5.41, 5.74) is 4.70. The van der Waals surface area contributed by atoms with Gasteiger partial charge in [0.1, 0.15) is 5.60 Å². The number of carbonyl (C=O) groups excluding carboxylic acids is 1. The van der Waals surface area contributed by atoms with Gasteiger partial charge in [-0.25, -0.2) is 9.59 Å². The number of ether oxygens (including phenoxy) is 1. The van der Waals surface area contributed by atoms with Gasteiger partial charge < -0.3 is 25.8 Å². The molecule has 0 aliphatic heterocycles. The molecule has 4 N–H and O–H groups in total. The van der Waals surface area contributed by atoms with E-state index < -0.39 is 23.3 Å². The van der Waals surface area contributed by atoms with E-state index in [0.717, 1.165) is 12.8 Å². The molecule has 0 heterocycles. The molecule has 7 heteroatoms. The second-order valence-electron chi connectivity index (χ2n) is 7.68. The van der Waals surface area contributed by atoms with E-state index in [2.05, 4.69) is 5.32 Å². The van der Waals surface area contributed by atoms with Gasteiger partial charge in [-0.15, -0.1) is 0 Å². The lowest BCUT2D eigenvalue weighted by atomic mass is 10.0. The summed E-state index contributed by atoms with van der Waals surface area (Å²) in [6.07, 6.45) is 0.788. The third kappa shape index (κ3) is 9.99. The first kappa shape index (κ1) is 21.5. The number of rotatable bonds is 7. The number of carboxylic acid groups (broad SMARTS) is 1. The van der Waals surface area contributed by atoms with Crippen LogP contribution in [0.5, 0.6) is 0 Å². The first-order valence-corrected chi connectivity index (χ1v) is 8.07. The average Bonchev–Trinajstić information content (AvgIpc) is 2.32. The normalized spacial score (nSPS) is 13.3. The number of nitrogens with two attached hydrogens (primary N) is 1. The van der Waals surface area contributed by atoms with Crippen LogP contribution >= 0.6 is 0 Å². The minimum atomic E-state index is -0.917. The van der Waals surface area contributed by atoms with Crippen LogP contribution in [0.25, 0.3) is 0 Å². The Morgan fingerprint density at radius 1 is 1.17 bits per heavy atom. The predicted molar refractivity (Wildman–Crippen MR) is 90.5 cm³/mol. The van der Waals surface area contributed by atoms with Gasteiger partial charge in [0.2, 0.25) is 0 Å². The summed E-state index contributed by atoms with van der Waals surface area (Å²) < 4.78 is 5.20. The van der Waals surface area contributed by atoms with Gasteiger partial charge in [-0.2, -0.15) is 0 Å². The number of alkyl carbamates (subject to hydrolysis) is 1. The Morgan fingerprint density at radius 2 is 1.74 bits per heavy atom. The molecule has 0 aromatic rings. The molecule has 0 rings (SSSR count). The van der Waals surface area contributed by atoms with E-state index in [4.69, 9.17) is 10.5 Å². The van der Waals surface area contributed by atoms with Crippen LogP contribution in [0.4, 0.5) is 9.59 Å². The molecule has 0 spiro atoms. The first-order chi connectivity index (χ1) is 10.4. The number of nitrogens with zero attached hydrogens (tertiary/aromatic N) is 1. The lowest BCUT2D eigenvalue weighted by molar-refractivity contribution is 0.0503. The van der Waals surface area contributed by atoms with Crippen LogP contribution in [0, 0.1) is 0 Å². The van der Waals surface area contributed by atoms with Crippen LogP contribution in [0.1, 0.15) is 60.8 Å². The van der Waals surface area contributed by atoms with Crippen LogP contribution < -0.4 is 11.1 Å². The van der Waals surface area contributed by atoms with E-state index in [9.17, 15) is 14.7 Å². The topological polar surface area (TPSA) is 105 Å². The number of carbonyl (C=O) groups is 2. The lowest BCUT2D eigenvalue weighted by Gasteiger charge is -2.33. The zero-order valence-corrected chi connectivity index (χ0v) is 15.3. The highest BCUT2D eigenvalue weighted by Gasteiger charge is 2.25. The van der Waals surface area contributed by atoms with Gasteiger partial charge in [0.05, 0.1) is 0 Å². The maximum Gasteiger partial charge on any atom is 0.407 e. The van der Waals surface area contributed by atoms with Crippen LogP contribution in [0.3, 0.4) is 0 Å². The van der Waals surface area contributed by atoms with Crippen molar-refractivity contribution in [2.45, 2.75) is 78.0 Å². The van der Waals surface area contributed by atoms with Gasteiger partial charge in [0.15, 0.2) is 0 Å². The Morgan fingerprint density at radius 3 is 2.13 bits per heavy atom. The Labute approximate surface area is 139 Å². The number of amides is 2. The quantitative estimate of drug-likeness (QED) is 0.622. The maximum atomic E-state index is 11.7. The third-order valence-corrected chi connectivity index (χ3v) is 3.23. The number of unbranched alkanes of at least 4 members (excludes halogenated alkanes) is 1. The van der Waals surface area contributed by atoms with E-state index in [1.165, 1.54) is 4.90 Å². The molecule has 0 saturated heterocycles. The Balaban J connectivity index is 4.23. The predicted octanol–water partition coefficient (Wildman–Crippen LogP) is 2.79. The summed E-state index contributed by atoms with van der Waals surface area (Å²) in [5.74, 6) is 0. The van der Waals surface area contributed by atoms with E-state index in [1.54, 1.807) is 20.8 Å². The standard InChI is InChI=1S/C16H33N3O4/c1-15(2,3)19(14(21)22)10-8-7-9-12(11-17)18-13(20)23-16(4,5)6/h12H,7-11,17H2,1-6H3,(H,18,20)(H,21,22)/t12-/m0/s1. The number of hydrogen-bond acceptors (Lipinski definition) is 4. The summed E-state index contributed by atoms with van der Waals surface area (Å²) in [6, 6.07) is -0.169. The molecule has 136 valence electrons. The maximum absolute atomic E-state index is 11.7. The highest BCUT2D eigenvalue weighted by molar-refractivity contribution is 5.68. The van der Waals surface area contributed by atoms with Crippen molar-refractivity contribution in [3.8, 4) is 0 Å². The van der Waals surface area contributed by atoms with E-state index in [0.29, 0.717) is 19.5 Å². The van der Waals surface area contributed by atoms with Gasteiger partial charge in [0.25, 0.3) is 0 Å². The number of nitrogens with one attached hydrogen (secondary N) is 1.